The Morgan fingerprint density at radius 1 is 1.04 bits per heavy atom. The highest BCUT2D eigenvalue weighted by Crippen LogP contribution is 2.19. The van der Waals surface area contributed by atoms with Gasteiger partial charge in [0.15, 0.2) is 28.3 Å². The number of Topliss-reactive ketones (excluding diaryl/α,β-unsaturated/α-hetero) is 1. The van der Waals surface area contributed by atoms with E-state index in [1.54, 1.807) is 0 Å². The van der Waals surface area contributed by atoms with Gasteiger partial charge in [0.2, 0.25) is 0 Å². The van der Waals surface area contributed by atoms with Crippen LogP contribution in [0.15, 0.2) is 30.3 Å². The van der Waals surface area contributed by atoms with Crippen molar-refractivity contribution in [3.8, 4) is 0 Å². The summed E-state index contributed by atoms with van der Waals surface area (Å²) in [7, 11) is 0. The van der Waals surface area contributed by atoms with Crippen molar-refractivity contribution in [3.05, 3.63) is 46.7 Å². The van der Waals surface area contributed by atoms with Gasteiger partial charge >= 0.3 is 0 Å². The predicted octanol–water partition coefficient (Wildman–Crippen LogP) is 3.69. The molecule has 0 fully saturated rings. The summed E-state index contributed by atoms with van der Waals surface area (Å²) in [4.78, 5) is 19.9. The van der Waals surface area contributed by atoms with Crippen molar-refractivity contribution >= 4 is 34.7 Å². The van der Waals surface area contributed by atoms with Gasteiger partial charge in [-0.1, -0.05) is 48.4 Å². The molecule has 1 heterocycles. The molecule has 0 atom stereocenters. The highest BCUT2D eigenvalue weighted by atomic mass is 35.5. The minimum Gasteiger partial charge on any atom is -0.382 e. The number of unbranched alkanes of at least 4 members (excludes halogenated alkanes) is 2. The molecule has 0 amide bonds. The molecular formula is C18H22ClN5O. The van der Waals surface area contributed by atoms with Gasteiger partial charge in [-0.05, 0) is 31.2 Å². The average molecular weight is 360 g/mol. The quantitative estimate of drug-likeness (QED) is 0.358. The summed E-state index contributed by atoms with van der Waals surface area (Å²) in [6.45, 7) is 0. The van der Waals surface area contributed by atoms with Gasteiger partial charge < -0.3 is 16.9 Å². The number of nitrogens with two attached hydrogens (primary N) is 2. The highest BCUT2D eigenvalue weighted by Gasteiger charge is 2.17. The molecule has 2 rings (SSSR count). The Hall–Kier alpha value is -2.47. The Balaban J connectivity index is 1.73. The summed E-state index contributed by atoms with van der Waals surface area (Å²) in [6, 6.07) is 10.3. The third-order valence-electron chi connectivity index (χ3n) is 3.83. The average Bonchev–Trinajstić information content (AvgIpc) is 2.58. The van der Waals surface area contributed by atoms with Crippen LogP contribution in [0.25, 0.3) is 0 Å². The number of hydrogen-bond acceptors (Lipinski definition) is 6. The molecule has 0 aliphatic heterocycles. The summed E-state index contributed by atoms with van der Waals surface area (Å²) in [5, 5.41) is 7.92. The summed E-state index contributed by atoms with van der Waals surface area (Å²) in [5.41, 5.74) is 12.8. The van der Waals surface area contributed by atoms with E-state index in [-0.39, 0.29) is 34.7 Å². The van der Waals surface area contributed by atoms with Gasteiger partial charge in [-0.3, -0.25) is 4.79 Å². The lowest BCUT2D eigenvalue weighted by molar-refractivity contribution is 0.0996. The van der Waals surface area contributed by atoms with Crippen molar-refractivity contribution in [3.63, 3.8) is 0 Å². The maximum Gasteiger partial charge on any atom is 0.190 e. The fraction of sp³-hybridized carbons (Fsp3) is 0.333. The normalized spacial score (nSPS) is 10.6. The van der Waals surface area contributed by atoms with Gasteiger partial charge in [0.1, 0.15) is 0 Å². The molecule has 0 saturated carbocycles. The molecule has 1 aromatic carbocycles. The number of carbonyl (C=O) groups is 1. The zero-order valence-electron chi connectivity index (χ0n) is 14.0. The first-order valence-electron chi connectivity index (χ1n) is 8.19. The number of rotatable bonds is 9. The highest BCUT2D eigenvalue weighted by molar-refractivity contribution is 6.31. The Bertz CT molecular complexity index is 749. The van der Waals surface area contributed by atoms with E-state index in [1.165, 1.54) is 5.56 Å². The lowest BCUT2D eigenvalue weighted by Gasteiger charge is -2.07. The van der Waals surface area contributed by atoms with E-state index in [4.69, 9.17) is 28.5 Å². The Morgan fingerprint density at radius 3 is 2.48 bits per heavy atom. The third-order valence-corrected chi connectivity index (χ3v) is 4.11. The Kier molecular flexibility index (Phi) is 6.89. The molecule has 0 bridgehead atoms. The summed E-state index contributed by atoms with van der Waals surface area (Å²) in [5.74, 6) is -0.423. The molecule has 0 spiro atoms. The van der Waals surface area contributed by atoms with Crippen LogP contribution < -0.4 is 11.5 Å². The maximum atomic E-state index is 12.2. The van der Waals surface area contributed by atoms with Gasteiger partial charge in [-0.2, -0.15) is 0 Å². The van der Waals surface area contributed by atoms with Crippen molar-refractivity contribution in [2.75, 3.05) is 11.5 Å². The monoisotopic (exact) mass is 359 g/mol. The summed E-state index contributed by atoms with van der Waals surface area (Å²) in [6.07, 6.45) is 4.54. The maximum absolute atomic E-state index is 12.2. The number of hydrogen-bond donors (Lipinski definition) is 3. The van der Waals surface area contributed by atoms with Crippen molar-refractivity contribution in [2.45, 2.75) is 38.5 Å². The van der Waals surface area contributed by atoms with Crippen LogP contribution in [0.2, 0.25) is 5.15 Å². The molecule has 7 heteroatoms. The minimum absolute atomic E-state index is 0.00999. The third kappa shape index (κ3) is 5.83. The Labute approximate surface area is 152 Å². The lowest BCUT2D eigenvalue weighted by Crippen LogP contribution is -2.14. The number of anilines is 2. The molecule has 132 valence electrons. The van der Waals surface area contributed by atoms with Crippen LogP contribution in [0, 0.1) is 5.41 Å². The standard InChI is InChI=1S/C18H22ClN5O/c19-16-18(22)24-17(21)15(23-16)14(25)11-13(20)10-6-2-5-9-12-7-3-1-4-8-12/h1,3-4,7-8,20H,2,5-6,9-11H2,(H4,21,22,24). The predicted molar refractivity (Wildman–Crippen MR) is 101 cm³/mol. The summed E-state index contributed by atoms with van der Waals surface area (Å²) < 4.78 is 0. The number of nitrogens with one attached hydrogen (secondary N) is 1. The molecule has 25 heavy (non-hydrogen) atoms. The molecule has 0 aliphatic carbocycles. The van der Waals surface area contributed by atoms with Crippen LogP contribution in [-0.4, -0.2) is 21.5 Å². The van der Waals surface area contributed by atoms with E-state index < -0.39 is 0 Å². The van der Waals surface area contributed by atoms with Gasteiger partial charge in [0, 0.05) is 5.71 Å². The zero-order chi connectivity index (χ0) is 18.2. The lowest BCUT2D eigenvalue weighted by atomic mass is 10.0. The second kappa shape index (κ2) is 9.13. The van der Waals surface area contributed by atoms with Crippen LogP contribution >= 0.6 is 11.6 Å². The number of nitrogens with zero attached hydrogens (tertiary/aromatic N) is 2. The number of halogens is 1. The first-order chi connectivity index (χ1) is 12.0. The van der Waals surface area contributed by atoms with Crippen LogP contribution in [0.4, 0.5) is 11.6 Å². The van der Waals surface area contributed by atoms with Crippen LogP contribution in [0.1, 0.15) is 48.2 Å². The van der Waals surface area contributed by atoms with Gasteiger partial charge in [-0.25, -0.2) is 9.97 Å². The number of carbonyl (C=O) groups excluding carboxylic acids is 1. The van der Waals surface area contributed by atoms with Gasteiger partial charge in [0.25, 0.3) is 0 Å². The number of aromatic nitrogens is 2. The molecule has 5 N–H and O–H groups in total. The number of benzene rings is 1. The fourth-order valence-electron chi connectivity index (χ4n) is 2.50. The number of aryl methyl sites for hydroxylation is 1. The second-order valence-electron chi connectivity index (χ2n) is 5.88. The van der Waals surface area contributed by atoms with E-state index in [0.717, 1.165) is 25.7 Å². The topological polar surface area (TPSA) is 119 Å². The van der Waals surface area contributed by atoms with Gasteiger partial charge in [-0.15, -0.1) is 0 Å². The van der Waals surface area contributed by atoms with Crippen molar-refractivity contribution in [1.82, 2.24) is 9.97 Å². The van der Waals surface area contributed by atoms with Crippen LogP contribution in [0.5, 0.6) is 0 Å². The molecule has 0 aliphatic rings. The molecule has 0 radical (unpaired) electrons. The number of nitrogen functional groups attached to an aromatic ring is 2. The first-order valence-corrected chi connectivity index (χ1v) is 8.57. The Morgan fingerprint density at radius 2 is 1.76 bits per heavy atom. The van der Waals surface area contributed by atoms with Crippen LogP contribution in [-0.2, 0) is 6.42 Å². The van der Waals surface area contributed by atoms with Crippen molar-refractivity contribution < 1.29 is 4.79 Å². The van der Waals surface area contributed by atoms with E-state index in [2.05, 4.69) is 22.1 Å². The SMILES string of the molecule is N=C(CCCCCc1ccccc1)CC(=O)c1nc(Cl)c(N)nc1N. The fourth-order valence-corrected chi connectivity index (χ4v) is 2.63. The molecule has 0 unspecified atom stereocenters. The van der Waals surface area contributed by atoms with Crippen molar-refractivity contribution in [2.24, 2.45) is 0 Å². The molecular weight excluding hydrogens is 338 g/mol. The molecule has 0 saturated heterocycles. The molecule has 1 aromatic heterocycles. The second-order valence-corrected chi connectivity index (χ2v) is 6.24. The van der Waals surface area contributed by atoms with Crippen LogP contribution in [0.3, 0.4) is 0 Å². The van der Waals surface area contributed by atoms with E-state index in [9.17, 15) is 4.79 Å². The van der Waals surface area contributed by atoms with E-state index in [1.807, 2.05) is 18.2 Å². The minimum atomic E-state index is -0.360. The van der Waals surface area contributed by atoms with E-state index >= 15 is 0 Å². The van der Waals surface area contributed by atoms with Gasteiger partial charge in [0.05, 0.1) is 6.42 Å². The number of ketones is 1. The smallest absolute Gasteiger partial charge is 0.190 e. The van der Waals surface area contributed by atoms with E-state index in [0.29, 0.717) is 12.1 Å². The largest absolute Gasteiger partial charge is 0.382 e. The van der Waals surface area contributed by atoms with Crippen molar-refractivity contribution in [1.29, 1.82) is 5.41 Å². The summed E-state index contributed by atoms with van der Waals surface area (Å²) >= 11 is 5.78. The first kappa shape index (κ1) is 18.9. The zero-order valence-corrected chi connectivity index (χ0v) is 14.7. The molecule has 2 aromatic rings. The molecule has 6 nitrogen and oxygen atoms in total.